The van der Waals surface area contributed by atoms with Crippen molar-refractivity contribution in [3.05, 3.63) is 59.1 Å². The molecule has 136 valence electrons. The summed E-state index contributed by atoms with van der Waals surface area (Å²) in [6.07, 6.45) is 0.965. The molecular formula is C20H21ClN2O3. The number of carbonyl (C=O) groups excluding carboxylic acids is 2. The first-order valence-corrected chi connectivity index (χ1v) is 9.03. The summed E-state index contributed by atoms with van der Waals surface area (Å²) in [4.78, 5) is 26.5. The van der Waals surface area contributed by atoms with Gasteiger partial charge in [-0.2, -0.15) is 0 Å². The number of anilines is 1. The minimum absolute atomic E-state index is 0.0454. The van der Waals surface area contributed by atoms with E-state index in [0.29, 0.717) is 23.1 Å². The first-order chi connectivity index (χ1) is 12.6. The standard InChI is InChI=1S/C20H21ClN2O3/c1-2-16(14-6-5-7-15(21)12-14)22-19(24)13-23-17-8-3-4-9-18(17)26-11-10-20(23)25/h3-9,12,16H,2,10-11,13H2,1H3,(H,22,24)/t16-/m0/s1. The fraction of sp³-hybridized carbons (Fsp3) is 0.300. The van der Waals surface area contributed by atoms with Crippen LogP contribution in [0.2, 0.25) is 5.02 Å². The molecule has 0 aromatic heterocycles. The number of ether oxygens (including phenoxy) is 1. The van der Waals surface area contributed by atoms with E-state index < -0.39 is 0 Å². The van der Waals surface area contributed by atoms with Crippen LogP contribution in [0.3, 0.4) is 0 Å². The molecule has 1 aliphatic rings. The maximum Gasteiger partial charge on any atom is 0.240 e. The average molecular weight is 373 g/mol. The molecule has 5 nitrogen and oxygen atoms in total. The van der Waals surface area contributed by atoms with E-state index in [1.54, 1.807) is 18.2 Å². The van der Waals surface area contributed by atoms with E-state index in [2.05, 4.69) is 5.32 Å². The molecule has 0 bridgehead atoms. The van der Waals surface area contributed by atoms with Crippen LogP contribution in [0.15, 0.2) is 48.5 Å². The Labute approximate surface area is 157 Å². The van der Waals surface area contributed by atoms with Crippen molar-refractivity contribution in [2.45, 2.75) is 25.8 Å². The molecule has 0 radical (unpaired) electrons. The van der Waals surface area contributed by atoms with E-state index in [9.17, 15) is 9.59 Å². The number of nitrogens with zero attached hydrogens (tertiary/aromatic N) is 1. The smallest absolute Gasteiger partial charge is 0.240 e. The average Bonchev–Trinajstić information content (AvgIpc) is 2.79. The predicted octanol–water partition coefficient (Wildman–Crippen LogP) is 3.72. The van der Waals surface area contributed by atoms with Gasteiger partial charge in [-0.1, -0.05) is 42.8 Å². The molecule has 6 heteroatoms. The van der Waals surface area contributed by atoms with Gasteiger partial charge in [0.2, 0.25) is 11.8 Å². The number of amides is 2. The van der Waals surface area contributed by atoms with Gasteiger partial charge in [0.1, 0.15) is 12.3 Å². The predicted molar refractivity (Wildman–Crippen MR) is 102 cm³/mol. The van der Waals surface area contributed by atoms with Crippen molar-refractivity contribution >= 4 is 29.1 Å². The van der Waals surface area contributed by atoms with Crippen molar-refractivity contribution in [3.8, 4) is 5.75 Å². The molecule has 0 aliphatic carbocycles. The normalized spacial score (nSPS) is 14.8. The first-order valence-electron chi connectivity index (χ1n) is 8.65. The molecule has 1 heterocycles. The van der Waals surface area contributed by atoms with Gasteiger partial charge in [-0.3, -0.25) is 14.5 Å². The third kappa shape index (κ3) is 4.17. The van der Waals surface area contributed by atoms with Crippen LogP contribution >= 0.6 is 11.6 Å². The fourth-order valence-electron chi connectivity index (χ4n) is 3.02. The molecule has 2 amide bonds. The van der Waals surface area contributed by atoms with Crippen molar-refractivity contribution in [3.63, 3.8) is 0 Å². The fourth-order valence-corrected chi connectivity index (χ4v) is 3.22. The molecule has 2 aromatic rings. The topological polar surface area (TPSA) is 58.6 Å². The SMILES string of the molecule is CC[C@H](NC(=O)CN1C(=O)CCOc2ccccc21)c1cccc(Cl)c1. The van der Waals surface area contributed by atoms with Crippen LogP contribution in [0.25, 0.3) is 0 Å². The minimum Gasteiger partial charge on any atom is -0.491 e. The number of halogens is 1. The zero-order valence-electron chi connectivity index (χ0n) is 14.6. The Morgan fingerprint density at radius 3 is 2.85 bits per heavy atom. The second-order valence-electron chi connectivity index (χ2n) is 6.13. The number of benzene rings is 2. The molecule has 1 atom stereocenters. The molecule has 26 heavy (non-hydrogen) atoms. The van der Waals surface area contributed by atoms with Crippen LogP contribution in [0.4, 0.5) is 5.69 Å². The Kier molecular flexibility index (Phi) is 5.78. The van der Waals surface area contributed by atoms with Crippen molar-refractivity contribution < 1.29 is 14.3 Å². The van der Waals surface area contributed by atoms with Crippen LogP contribution in [-0.4, -0.2) is 25.0 Å². The summed E-state index contributed by atoms with van der Waals surface area (Å²) in [5.41, 5.74) is 1.57. The van der Waals surface area contributed by atoms with Gasteiger partial charge in [0.15, 0.2) is 0 Å². The van der Waals surface area contributed by atoms with E-state index in [0.717, 1.165) is 12.0 Å². The number of fused-ring (bicyclic) bond motifs is 1. The van der Waals surface area contributed by atoms with Gasteiger partial charge in [-0.25, -0.2) is 0 Å². The van der Waals surface area contributed by atoms with Gasteiger partial charge in [0.05, 0.1) is 24.8 Å². The molecule has 1 aliphatic heterocycles. The number of rotatable bonds is 5. The highest BCUT2D eigenvalue weighted by Crippen LogP contribution is 2.30. The maximum absolute atomic E-state index is 12.6. The molecule has 0 saturated heterocycles. The Morgan fingerprint density at radius 1 is 1.27 bits per heavy atom. The molecule has 3 rings (SSSR count). The molecular weight excluding hydrogens is 352 g/mol. The molecule has 0 unspecified atom stereocenters. The van der Waals surface area contributed by atoms with Crippen molar-refractivity contribution in [1.82, 2.24) is 5.32 Å². The highest BCUT2D eigenvalue weighted by Gasteiger charge is 2.25. The van der Waals surface area contributed by atoms with Gasteiger partial charge < -0.3 is 10.1 Å². The second-order valence-corrected chi connectivity index (χ2v) is 6.57. The lowest BCUT2D eigenvalue weighted by Crippen LogP contribution is -2.41. The van der Waals surface area contributed by atoms with Crippen LogP contribution in [0.1, 0.15) is 31.4 Å². The van der Waals surface area contributed by atoms with E-state index in [1.807, 2.05) is 37.3 Å². The summed E-state index contributed by atoms with van der Waals surface area (Å²) in [5.74, 6) is 0.274. The van der Waals surface area contributed by atoms with E-state index in [-0.39, 0.29) is 30.8 Å². The maximum atomic E-state index is 12.6. The minimum atomic E-state index is -0.220. The zero-order valence-corrected chi connectivity index (χ0v) is 15.3. The number of hydrogen-bond donors (Lipinski definition) is 1. The van der Waals surface area contributed by atoms with Gasteiger partial charge in [0, 0.05) is 5.02 Å². The first kappa shape index (κ1) is 18.3. The number of nitrogens with one attached hydrogen (secondary N) is 1. The van der Waals surface area contributed by atoms with Crippen LogP contribution in [0.5, 0.6) is 5.75 Å². The van der Waals surface area contributed by atoms with Crippen LogP contribution in [-0.2, 0) is 9.59 Å². The highest BCUT2D eigenvalue weighted by atomic mass is 35.5. The summed E-state index contributed by atoms with van der Waals surface area (Å²) < 4.78 is 5.61. The molecule has 0 spiro atoms. The summed E-state index contributed by atoms with van der Waals surface area (Å²) >= 11 is 6.05. The zero-order chi connectivity index (χ0) is 18.5. The molecule has 0 fully saturated rings. The third-order valence-electron chi connectivity index (χ3n) is 4.33. The van der Waals surface area contributed by atoms with Gasteiger partial charge in [-0.15, -0.1) is 0 Å². The molecule has 0 saturated carbocycles. The summed E-state index contributed by atoms with van der Waals surface area (Å²) in [6.45, 7) is 2.26. The Balaban J connectivity index is 1.75. The Bertz CT molecular complexity index is 809. The quantitative estimate of drug-likeness (QED) is 0.870. The highest BCUT2D eigenvalue weighted by molar-refractivity contribution is 6.30. The Hall–Kier alpha value is -2.53. The van der Waals surface area contributed by atoms with E-state index in [4.69, 9.17) is 16.3 Å². The lowest BCUT2D eigenvalue weighted by atomic mass is 10.0. The van der Waals surface area contributed by atoms with Crippen molar-refractivity contribution in [1.29, 1.82) is 0 Å². The summed E-state index contributed by atoms with van der Waals surface area (Å²) in [7, 11) is 0. The number of hydrogen-bond acceptors (Lipinski definition) is 3. The van der Waals surface area contributed by atoms with Crippen LogP contribution in [0, 0.1) is 0 Å². The van der Waals surface area contributed by atoms with Crippen LogP contribution < -0.4 is 15.0 Å². The molecule has 2 aromatic carbocycles. The number of para-hydroxylation sites is 2. The summed E-state index contributed by atoms with van der Waals surface area (Å²) in [6, 6.07) is 14.5. The monoisotopic (exact) mass is 372 g/mol. The lowest BCUT2D eigenvalue weighted by molar-refractivity contribution is -0.124. The number of carbonyl (C=O) groups is 2. The van der Waals surface area contributed by atoms with Crippen molar-refractivity contribution in [2.75, 3.05) is 18.1 Å². The third-order valence-corrected chi connectivity index (χ3v) is 4.56. The van der Waals surface area contributed by atoms with E-state index >= 15 is 0 Å². The van der Waals surface area contributed by atoms with Gasteiger partial charge in [0.25, 0.3) is 0 Å². The van der Waals surface area contributed by atoms with Gasteiger partial charge in [-0.05, 0) is 36.2 Å². The largest absolute Gasteiger partial charge is 0.491 e. The Morgan fingerprint density at radius 2 is 2.08 bits per heavy atom. The lowest BCUT2D eigenvalue weighted by Gasteiger charge is -2.23. The molecule has 1 N–H and O–H groups in total. The van der Waals surface area contributed by atoms with E-state index in [1.165, 1.54) is 4.90 Å². The van der Waals surface area contributed by atoms with Crippen molar-refractivity contribution in [2.24, 2.45) is 0 Å². The summed E-state index contributed by atoms with van der Waals surface area (Å²) in [5, 5.41) is 3.63. The second kappa shape index (κ2) is 8.23. The van der Waals surface area contributed by atoms with Gasteiger partial charge >= 0.3 is 0 Å².